The average Bonchev–Trinajstić information content (AvgIpc) is 3.43. The van der Waals surface area contributed by atoms with Crippen molar-refractivity contribution in [3.8, 4) is 11.3 Å². The number of fused-ring (bicyclic) bond motifs is 1. The van der Waals surface area contributed by atoms with E-state index in [0.29, 0.717) is 25.6 Å². The highest BCUT2D eigenvalue weighted by atomic mass is 16.5. The van der Waals surface area contributed by atoms with Crippen LogP contribution < -0.4 is 20.4 Å². The van der Waals surface area contributed by atoms with Crippen LogP contribution in [0.25, 0.3) is 22.3 Å². The minimum atomic E-state index is -0.144. The van der Waals surface area contributed by atoms with Crippen molar-refractivity contribution in [3.63, 3.8) is 0 Å². The fourth-order valence-electron chi connectivity index (χ4n) is 5.10. The molecule has 1 amide bonds. The fourth-order valence-corrected chi connectivity index (χ4v) is 5.10. The molecule has 200 valence electrons. The van der Waals surface area contributed by atoms with Gasteiger partial charge in [-0.25, -0.2) is 19.9 Å². The summed E-state index contributed by atoms with van der Waals surface area (Å²) in [7, 11) is 0. The Hall–Kier alpha value is -4.51. The first kappa shape index (κ1) is 24.8. The summed E-state index contributed by atoms with van der Waals surface area (Å²) < 4.78 is 5.49. The molecule has 2 aliphatic heterocycles. The first-order valence-electron chi connectivity index (χ1n) is 13.2. The number of carbonyl (C=O) groups excluding carboxylic acids is 1. The highest BCUT2D eigenvalue weighted by molar-refractivity contribution is 5.92. The van der Waals surface area contributed by atoms with Crippen molar-refractivity contribution in [2.45, 2.75) is 18.9 Å². The first-order chi connectivity index (χ1) is 19.2. The Morgan fingerprint density at radius 1 is 1.05 bits per heavy atom. The van der Waals surface area contributed by atoms with Crippen molar-refractivity contribution in [2.75, 3.05) is 54.5 Å². The topological polar surface area (TPSA) is 124 Å². The molecule has 0 bridgehead atoms. The van der Waals surface area contributed by atoms with Crippen LogP contribution in [-0.4, -0.2) is 76.3 Å². The summed E-state index contributed by atoms with van der Waals surface area (Å²) in [6, 6.07) is 10.3. The van der Waals surface area contributed by atoms with Gasteiger partial charge in [-0.3, -0.25) is 4.79 Å². The summed E-state index contributed by atoms with van der Waals surface area (Å²) in [6.45, 7) is 8.18. The van der Waals surface area contributed by atoms with Crippen molar-refractivity contribution in [1.82, 2.24) is 30.2 Å². The van der Waals surface area contributed by atoms with Crippen molar-refractivity contribution in [1.29, 1.82) is 0 Å². The number of nitrogens with zero attached hydrogens (tertiary/aromatic N) is 6. The van der Waals surface area contributed by atoms with Gasteiger partial charge in [0.25, 0.3) is 0 Å². The van der Waals surface area contributed by atoms with Gasteiger partial charge < -0.3 is 30.2 Å². The zero-order valence-corrected chi connectivity index (χ0v) is 21.6. The third-order valence-corrected chi connectivity index (χ3v) is 7.10. The second-order valence-electron chi connectivity index (χ2n) is 9.70. The minimum absolute atomic E-state index is 0.0811. The summed E-state index contributed by atoms with van der Waals surface area (Å²) >= 11 is 0. The number of aromatic nitrogens is 5. The highest BCUT2D eigenvalue weighted by Gasteiger charge is 2.22. The molecule has 3 N–H and O–H groups in total. The van der Waals surface area contributed by atoms with E-state index in [9.17, 15) is 4.79 Å². The number of ether oxygens (including phenoxy) is 1. The number of hydrogen-bond donors (Lipinski definition) is 3. The SMILES string of the molecule is C=CC(=O)N[C@@H]1CCCN(c2cnc(Nc3ccc(-c4cc5c(N6CCOCC6)ncnc5[nH]4)cc3)cn2)C1. The normalized spacial score (nSPS) is 17.7. The second kappa shape index (κ2) is 11.1. The maximum Gasteiger partial charge on any atom is 0.243 e. The number of piperidine rings is 1. The van der Waals surface area contributed by atoms with Gasteiger partial charge in [0.15, 0.2) is 0 Å². The standard InChI is InChI=1S/C28H31N9O2/c1-2-26(38)34-21-4-3-9-37(17-21)25-16-29-24(15-30-25)33-20-7-5-19(6-8-20)23-14-22-27(35-23)31-18-32-28(22)36-10-12-39-13-11-36/h2,5-8,14-16,18,21H,1,3-4,9-13,17H2,(H,29,33)(H,34,38)(H,31,32,35)/t21-/m1/s1. The average molecular weight is 526 g/mol. The summed E-state index contributed by atoms with van der Waals surface area (Å²) in [6.07, 6.45) is 8.35. The largest absolute Gasteiger partial charge is 0.378 e. The molecule has 0 spiro atoms. The predicted octanol–water partition coefficient (Wildman–Crippen LogP) is 3.27. The van der Waals surface area contributed by atoms with Crippen LogP contribution in [0.15, 0.2) is 61.7 Å². The van der Waals surface area contributed by atoms with E-state index in [4.69, 9.17) is 4.74 Å². The van der Waals surface area contributed by atoms with Gasteiger partial charge in [0.1, 0.15) is 29.4 Å². The van der Waals surface area contributed by atoms with Crippen LogP contribution in [0.3, 0.4) is 0 Å². The molecule has 5 heterocycles. The maximum absolute atomic E-state index is 11.7. The Morgan fingerprint density at radius 2 is 1.90 bits per heavy atom. The highest BCUT2D eigenvalue weighted by Crippen LogP contribution is 2.30. The number of H-pyrrole nitrogens is 1. The summed E-state index contributed by atoms with van der Waals surface area (Å²) in [5, 5.41) is 7.31. The van der Waals surface area contributed by atoms with Gasteiger partial charge >= 0.3 is 0 Å². The molecule has 0 unspecified atom stereocenters. The van der Waals surface area contributed by atoms with Crippen LogP contribution in [0.2, 0.25) is 0 Å². The van der Waals surface area contributed by atoms with Crippen LogP contribution in [0.5, 0.6) is 0 Å². The Morgan fingerprint density at radius 3 is 2.67 bits per heavy atom. The fraction of sp³-hybridized carbons (Fsp3) is 0.321. The second-order valence-corrected chi connectivity index (χ2v) is 9.70. The molecule has 2 saturated heterocycles. The van der Waals surface area contributed by atoms with E-state index >= 15 is 0 Å². The van der Waals surface area contributed by atoms with Gasteiger partial charge in [0.05, 0.1) is 31.0 Å². The van der Waals surface area contributed by atoms with E-state index in [1.807, 2.05) is 12.1 Å². The molecule has 6 rings (SSSR count). The zero-order chi connectivity index (χ0) is 26.6. The number of hydrogen-bond acceptors (Lipinski definition) is 9. The van der Waals surface area contributed by atoms with Gasteiger partial charge in [-0.1, -0.05) is 18.7 Å². The van der Waals surface area contributed by atoms with E-state index in [1.165, 1.54) is 6.08 Å². The van der Waals surface area contributed by atoms with Crippen molar-refractivity contribution in [3.05, 3.63) is 61.7 Å². The number of anilines is 4. The molecule has 4 aromatic rings. The quantitative estimate of drug-likeness (QED) is 0.312. The molecule has 1 atom stereocenters. The number of rotatable bonds is 7. The zero-order valence-electron chi connectivity index (χ0n) is 21.6. The Labute approximate surface area is 226 Å². The third-order valence-electron chi connectivity index (χ3n) is 7.10. The van der Waals surface area contributed by atoms with Gasteiger partial charge in [-0.2, -0.15) is 0 Å². The van der Waals surface area contributed by atoms with Crippen molar-refractivity contribution in [2.24, 2.45) is 0 Å². The molecule has 11 heteroatoms. The van der Waals surface area contributed by atoms with E-state index < -0.39 is 0 Å². The predicted molar refractivity (Wildman–Crippen MR) is 151 cm³/mol. The Balaban J connectivity index is 1.11. The van der Waals surface area contributed by atoms with Crippen LogP contribution >= 0.6 is 0 Å². The number of amides is 1. The van der Waals surface area contributed by atoms with E-state index in [1.54, 1.807) is 18.7 Å². The third kappa shape index (κ3) is 5.53. The molecular formula is C28H31N9O2. The van der Waals surface area contributed by atoms with Crippen LogP contribution in [0, 0.1) is 0 Å². The number of benzene rings is 1. The summed E-state index contributed by atoms with van der Waals surface area (Å²) in [4.78, 5) is 37.6. The molecule has 2 fully saturated rings. The molecule has 3 aromatic heterocycles. The van der Waals surface area contributed by atoms with E-state index in [0.717, 1.165) is 72.1 Å². The number of nitrogens with one attached hydrogen (secondary N) is 3. The molecule has 0 radical (unpaired) electrons. The first-order valence-corrected chi connectivity index (χ1v) is 13.2. The molecule has 11 nitrogen and oxygen atoms in total. The molecule has 0 saturated carbocycles. The van der Waals surface area contributed by atoms with Crippen molar-refractivity contribution < 1.29 is 9.53 Å². The van der Waals surface area contributed by atoms with Crippen LogP contribution in [-0.2, 0) is 9.53 Å². The molecule has 39 heavy (non-hydrogen) atoms. The molecular weight excluding hydrogens is 494 g/mol. The van der Waals surface area contributed by atoms with Gasteiger partial charge in [-0.15, -0.1) is 0 Å². The van der Waals surface area contributed by atoms with Crippen LogP contribution in [0.1, 0.15) is 12.8 Å². The molecule has 0 aliphatic carbocycles. The van der Waals surface area contributed by atoms with Gasteiger partial charge in [0.2, 0.25) is 5.91 Å². The Bertz CT molecular complexity index is 1450. The lowest BCUT2D eigenvalue weighted by Crippen LogP contribution is -2.47. The molecule has 2 aliphatic rings. The Kier molecular flexibility index (Phi) is 7.05. The summed E-state index contributed by atoms with van der Waals surface area (Å²) in [5.74, 6) is 2.25. The van der Waals surface area contributed by atoms with E-state index in [-0.39, 0.29) is 11.9 Å². The minimum Gasteiger partial charge on any atom is -0.378 e. The number of morpholine rings is 1. The maximum atomic E-state index is 11.7. The monoisotopic (exact) mass is 525 g/mol. The van der Waals surface area contributed by atoms with E-state index in [2.05, 4.69) is 70.1 Å². The lowest BCUT2D eigenvalue weighted by Gasteiger charge is -2.33. The lowest BCUT2D eigenvalue weighted by atomic mass is 10.1. The summed E-state index contributed by atoms with van der Waals surface area (Å²) in [5.41, 5.74) is 3.77. The van der Waals surface area contributed by atoms with Crippen LogP contribution in [0.4, 0.5) is 23.1 Å². The van der Waals surface area contributed by atoms with Crippen molar-refractivity contribution >= 4 is 40.1 Å². The smallest absolute Gasteiger partial charge is 0.243 e. The lowest BCUT2D eigenvalue weighted by molar-refractivity contribution is -0.117. The number of aromatic amines is 1. The van der Waals surface area contributed by atoms with Gasteiger partial charge in [-0.05, 0) is 42.7 Å². The number of carbonyl (C=O) groups is 1. The molecule has 1 aromatic carbocycles. The van der Waals surface area contributed by atoms with Gasteiger partial charge in [0, 0.05) is 43.6 Å².